The Morgan fingerprint density at radius 3 is 2.54 bits per heavy atom. The van der Waals surface area contributed by atoms with Crippen LogP contribution in [-0.2, 0) is 6.42 Å². The fraction of sp³-hybridized carbons (Fsp3) is 0.158. The molecule has 0 saturated heterocycles. The van der Waals surface area contributed by atoms with Crippen LogP contribution < -0.4 is 9.84 Å². The lowest BCUT2D eigenvalue weighted by molar-refractivity contribution is -0.254. The maximum Gasteiger partial charge on any atom is 0.127 e. The lowest BCUT2D eigenvalue weighted by atomic mass is 10.1. The predicted octanol–water partition coefficient (Wildman–Crippen LogP) is 3.10. The third-order valence-corrected chi connectivity index (χ3v) is 4.77. The Bertz CT molecular complexity index is 843. The van der Waals surface area contributed by atoms with Crippen molar-refractivity contribution in [3.8, 4) is 16.9 Å². The normalized spacial score (nSPS) is 10.5. The predicted molar refractivity (Wildman–Crippen MR) is 92.3 cm³/mol. The smallest absolute Gasteiger partial charge is 0.127 e. The Morgan fingerprint density at radius 2 is 1.83 bits per heavy atom. The summed E-state index contributed by atoms with van der Waals surface area (Å²) < 4.78 is 5.91. The fourth-order valence-electron chi connectivity index (χ4n) is 2.45. The molecular formula is C19H16NO3S-. The molecule has 0 N–H and O–H groups in total. The van der Waals surface area contributed by atoms with E-state index < -0.39 is 5.97 Å². The lowest BCUT2D eigenvalue weighted by Gasteiger charge is -2.11. The van der Waals surface area contributed by atoms with Crippen molar-refractivity contribution in [2.24, 2.45) is 0 Å². The van der Waals surface area contributed by atoms with Crippen LogP contribution >= 0.6 is 11.3 Å². The zero-order chi connectivity index (χ0) is 16.9. The van der Waals surface area contributed by atoms with E-state index in [9.17, 15) is 9.90 Å². The van der Waals surface area contributed by atoms with Crippen molar-refractivity contribution in [3.63, 3.8) is 0 Å². The third kappa shape index (κ3) is 3.63. The summed E-state index contributed by atoms with van der Waals surface area (Å²) in [5.74, 6) is -0.372. The van der Waals surface area contributed by atoms with Gasteiger partial charge in [-0.3, -0.25) is 0 Å². The SMILES string of the molecule is Cc1nc(CCOc2ccccc2-c2ccccc2)sc1C(=O)[O-]. The minimum atomic E-state index is -1.17. The molecule has 0 radical (unpaired) electrons. The van der Waals surface area contributed by atoms with Gasteiger partial charge in [0.05, 0.1) is 28.2 Å². The minimum absolute atomic E-state index is 0.190. The summed E-state index contributed by atoms with van der Waals surface area (Å²) in [6.45, 7) is 2.11. The second kappa shape index (κ2) is 7.27. The van der Waals surface area contributed by atoms with E-state index in [1.807, 2.05) is 54.6 Å². The van der Waals surface area contributed by atoms with E-state index in [4.69, 9.17) is 4.74 Å². The van der Waals surface area contributed by atoms with E-state index in [0.717, 1.165) is 33.2 Å². The number of para-hydroxylation sites is 1. The summed E-state index contributed by atoms with van der Waals surface area (Å²) in [6.07, 6.45) is 0.557. The van der Waals surface area contributed by atoms with Gasteiger partial charge >= 0.3 is 0 Å². The van der Waals surface area contributed by atoms with Crippen molar-refractivity contribution in [2.75, 3.05) is 6.61 Å². The van der Waals surface area contributed by atoms with Crippen LogP contribution in [0.1, 0.15) is 20.4 Å². The number of aromatic nitrogens is 1. The maximum atomic E-state index is 11.0. The number of aryl methyl sites for hydroxylation is 1. The number of ether oxygens (including phenoxy) is 1. The van der Waals surface area contributed by atoms with Gasteiger partial charge < -0.3 is 14.6 Å². The van der Waals surface area contributed by atoms with Crippen molar-refractivity contribution >= 4 is 17.3 Å². The molecule has 0 saturated carbocycles. The number of aromatic carboxylic acids is 1. The number of carboxylic acid groups (broad SMARTS) is 1. The second-order valence-electron chi connectivity index (χ2n) is 5.27. The third-order valence-electron chi connectivity index (χ3n) is 3.57. The molecule has 24 heavy (non-hydrogen) atoms. The number of hydrogen-bond donors (Lipinski definition) is 0. The topological polar surface area (TPSA) is 62.2 Å². The van der Waals surface area contributed by atoms with E-state index in [0.29, 0.717) is 18.7 Å². The lowest BCUT2D eigenvalue weighted by Crippen LogP contribution is -2.21. The first-order valence-electron chi connectivity index (χ1n) is 7.60. The number of hydrogen-bond acceptors (Lipinski definition) is 5. The van der Waals surface area contributed by atoms with Gasteiger partial charge in [-0.05, 0) is 18.6 Å². The van der Waals surface area contributed by atoms with Gasteiger partial charge in [0.25, 0.3) is 0 Å². The van der Waals surface area contributed by atoms with Crippen LogP contribution in [0.2, 0.25) is 0 Å². The first-order valence-corrected chi connectivity index (χ1v) is 8.41. The largest absolute Gasteiger partial charge is 0.544 e. The molecule has 0 aliphatic heterocycles. The van der Waals surface area contributed by atoms with Gasteiger partial charge in [0.2, 0.25) is 0 Å². The highest BCUT2D eigenvalue weighted by atomic mass is 32.1. The van der Waals surface area contributed by atoms with E-state index in [1.165, 1.54) is 0 Å². The fourth-order valence-corrected chi connectivity index (χ4v) is 3.33. The van der Waals surface area contributed by atoms with Crippen LogP contribution in [0.3, 0.4) is 0 Å². The molecular weight excluding hydrogens is 322 g/mol. The van der Waals surface area contributed by atoms with Crippen LogP contribution in [0.25, 0.3) is 11.1 Å². The Balaban J connectivity index is 1.70. The summed E-state index contributed by atoms with van der Waals surface area (Å²) in [7, 11) is 0. The summed E-state index contributed by atoms with van der Waals surface area (Å²) in [5, 5.41) is 11.7. The molecule has 4 nitrogen and oxygen atoms in total. The number of thiazole rings is 1. The molecule has 0 amide bonds. The molecule has 0 unspecified atom stereocenters. The molecule has 0 aliphatic carbocycles. The van der Waals surface area contributed by atoms with Gasteiger partial charge in [0.1, 0.15) is 5.75 Å². The van der Waals surface area contributed by atoms with Crippen molar-refractivity contribution in [3.05, 3.63) is 70.2 Å². The van der Waals surface area contributed by atoms with E-state index in [1.54, 1.807) is 6.92 Å². The van der Waals surface area contributed by atoms with Gasteiger partial charge in [-0.15, -0.1) is 11.3 Å². The van der Waals surface area contributed by atoms with Crippen LogP contribution in [0.5, 0.6) is 5.75 Å². The molecule has 3 aromatic rings. The van der Waals surface area contributed by atoms with Crippen molar-refractivity contribution in [1.82, 2.24) is 4.98 Å². The molecule has 122 valence electrons. The van der Waals surface area contributed by atoms with Crippen molar-refractivity contribution in [2.45, 2.75) is 13.3 Å². The minimum Gasteiger partial charge on any atom is -0.544 e. The van der Waals surface area contributed by atoms with Gasteiger partial charge in [-0.2, -0.15) is 0 Å². The summed E-state index contributed by atoms with van der Waals surface area (Å²) in [6, 6.07) is 17.9. The van der Waals surface area contributed by atoms with Crippen molar-refractivity contribution < 1.29 is 14.6 Å². The number of carbonyl (C=O) groups is 1. The highest BCUT2D eigenvalue weighted by molar-refractivity contribution is 7.13. The summed E-state index contributed by atoms with van der Waals surface area (Å²) in [5.41, 5.74) is 2.63. The molecule has 1 aromatic heterocycles. The van der Waals surface area contributed by atoms with Gasteiger partial charge in [0.15, 0.2) is 0 Å². The molecule has 0 fully saturated rings. The quantitative estimate of drug-likeness (QED) is 0.693. The van der Waals surface area contributed by atoms with Crippen LogP contribution in [0, 0.1) is 6.92 Å². The molecule has 3 rings (SSSR count). The molecule has 5 heteroatoms. The Labute approximate surface area is 144 Å². The highest BCUT2D eigenvalue weighted by Gasteiger charge is 2.09. The number of benzene rings is 2. The number of rotatable bonds is 6. The Morgan fingerprint density at radius 1 is 1.12 bits per heavy atom. The van der Waals surface area contributed by atoms with E-state index in [2.05, 4.69) is 4.98 Å². The first-order chi connectivity index (χ1) is 11.6. The van der Waals surface area contributed by atoms with E-state index in [-0.39, 0.29) is 4.88 Å². The molecule has 2 aromatic carbocycles. The number of nitrogens with zero attached hydrogens (tertiary/aromatic N) is 1. The van der Waals surface area contributed by atoms with Gasteiger partial charge in [0, 0.05) is 12.0 Å². The zero-order valence-corrected chi connectivity index (χ0v) is 14.0. The monoisotopic (exact) mass is 338 g/mol. The zero-order valence-electron chi connectivity index (χ0n) is 13.2. The maximum absolute atomic E-state index is 11.0. The summed E-state index contributed by atoms with van der Waals surface area (Å²) in [4.78, 5) is 15.4. The van der Waals surface area contributed by atoms with E-state index >= 15 is 0 Å². The highest BCUT2D eigenvalue weighted by Crippen LogP contribution is 2.29. The summed E-state index contributed by atoms with van der Waals surface area (Å²) >= 11 is 1.15. The van der Waals surface area contributed by atoms with Crippen LogP contribution in [-0.4, -0.2) is 17.6 Å². The molecule has 0 spiro atoms. The molecule has 1 heterocycles. The number of carbonyl (C=O) groups excluding carboxylic acids is 1. The second-order valence-corrected chi connectivity index (χ2v) is 6.35. The van der Waals surface area contributed by atoms with Crippen LogP contribution in [0.15, 0.2) is 54.6 Å². The Hall–Kier alpha value is -2.66. The number of carboxylic acids is 1. The van der Waals surface area contributed by atoms with Gasteiger partial charge in [-0.1, -0.05) is 48.5 Å². The molecule has 0 aliphatic rings. The first kappa shape index (κ1) is 16.2. The standard InChI is InChI=1S/C19H17NO3S/c1-13-18(19(21)22)24-17(20-13)11-12-23-16-10-6-5-9-15(16)14-7-3-2-4-8-14/h2-10H,11-12H2,1H3,(H,21,22)/p-1. The van der Waals surface area contributed by atoms with Crippen molar-refractivity contribution in [1.29, 1.82) is 0 Å². The molecule has 0 atom stereocenters. The molecule has 0 bridgehead atoms. The average molecular weight is 338 g/mol. The van der Waals surface area contributed by atoms with Gasteiger partial charge in [-0.25, -0.2) is 4.98 Å². The van der Waals surface area contributed by atoms with Crippen LogP contribution in [0.4, 0.5) is 0 Å². The average Bonchev–Trinajstić information content (AvgIpc) is 2.97. The Kier molecular flexibility index (Phi) is 4.91.